The molecule has 1 saturated carbocycles. The topological polar surface area (TPSA) is 20.2 Å². The van der Waals surface area contributed by atoms with Gasteiger partial charge in [-0.25, -0.2) is 0 Å². The van der Waals surface area contributed by atoms with Crippen LogP contribution in [0, 0.1) is 12.0 Å². The van der Waals surface area contributed by atoms with E-state index in [9.17, 15) is 5.11 Å². The number of hydrogen-bond donors (Lipinski definition) is 1. The first-order chi connectivity index (χ1) is 12.2. The maximum atomic E-state index is 10.0. The van der Waals surface area contributed by atoms with Gasteiger partial charge in [0.1, 0.15) is 0 Å². The van der Waals surface area contributed by atoms with Gasteiger partial charge in [0.15, 0.2) is 0 Å². The van der Waals surface area contributed by atoms with Gasteiger partial charge in [0, 0.05) is 38.1 Å². The second-order valence-corrected chi connectivity index (χ2v) is 8.22. The third kappa shape index (κ3) is 4.44. The van der Waals surface area contributed by atoms with E-state index in [1.165, 1.54) is 36.0 Å². The molecule has 0 heterocycles. The van der Waals surface area contributed by atoms with Crippen LogP contribution in [0.15, 0.2) is 42.5 Å². The first-order valence-corrected chi connectivity index (χ1v) is 10.1. The van der Waals surface area contributed by atoms with Gasteiger partial charge in [0.05, 0.1) is 6.10 Å². The molecule has 4 unspecified atom stereocenters. The number of rotatable bonds is 5. The average molecular weight is 443 g/mol. The van der Waals surface area contributed by atoms with Gasteiger partial charge in [-0.3, -0.25) is 0 Å². The predicted octanol–water partition coefficient (Wildman–Crippen LogP) is 5.59. The second kappa shape index (κ2) is 9.33. The van der Waals surface area contributed by atoms with Gasteiger partial charge < -0.3 is 5.11 Å². The van der Waals surface area contributed by atoms with E-state index < -0.39 is 0 Å². The van der Waals surface area contributed by atoms with Crippen LogP contribution in [-0.4, -0.2) is 10.5 Å². The van der Waals surface area contributed by atoms with Gasteiger partial charge in [-0.15, -0.1) is 11.6 Å². The van der Waals surface area contributed by atoms with Crippen molar-refractivity contribution in [2.75, 3.05) is 0 Å². The first-order valence-electron chi connectivity index (χ1n) is 9.63. The van der Waals surface area contributed by atoms with Gasteiger partial charge in [0.25, 0.3) is 0 Å². The number of halogens is 1. The minimum Gasteiger partial charge on any atom is -0.388 e. The van der Waals surface area contributed by atoms with Gasteiger partial charge in [-0.1, -0.05) is 31.0 Å². The van der Waals surface area contributed by atoms with Crippen LogP contribution in [0.3, 0.4) is 0 Å². The Morgan fingerprint density at radius 3 is 2.81 bits per heavy atom. The minimum atomic E-state index is -0.258. The maximum Gasteiger partial charge on any atom is 0.0795 e. The van der Waals surface area contributed by atoms with E-state index in [0.29, 0.717) is 17.2 Å². The van der Waals surface area contributed by atoms with Gasteiger partial charge in [0.2, 0.25) is 0 Å². The third-order valence-corrected chi connectivity index (χ3v) is 6.68. The molecule has 0 aliphatic heterocycles. The molecule has 135 valence electrons. The van der Waals surface area contributed by atoms with Crippen molar-refractivity contribution in [3.8, 4) is 0 Å². The standard InChI is InChI=1S/C23H26ClO.Y/c24-22-13-12-19(17-9-11-20-18(15-17)10-14-23(20)25)21(22)8-4-7-16-5-2-1-3-6-16;/h1-3,5,9,11,15,19,21-23,25H,4,7-8,10,12-14H2;/q-1;. The Kier molecular flexibility index (Phi) is 7.36. The average Bonchev–Trinajstić information content (AvgIpc) is 3.19. The van der Waals surface area contributed by atoms with E-state index in [1.54, 1.807) is 0 Å². The summed E-state index contributed by atoms with van der Waals surface area (Å²) in [6.45, 7) is 0. The smallest absolute Gasteiger partial charge is 0.0795 e. The molecular formula is C23H26ClOY-. The molecule has 0 amide bonds. The molecule has 0 spiro atoms. The van der Waals surface area contributed by atoms with Crippen molar-refractivity contribution in [2.24, 2.45) is 5.92 Å². The molecule has 0 saturated heterocycles. The molecular weight excluding hydrogens is 417 g/mol. The Morgan fingerprint density at radius 1 is 1.12 bits per heavy atom. The van der Waals surface area contributed by atoms with Crippen molar-refractivity contribution in [1.82, 2.24) is 0 Å². The molecule has 4 rings (SSSR count). The molecule has 1 radical (unpaired) electrons. The Labute approximate surface area is 187 Å². The number of aliphatic hydroxyl groups excluding tert-OH is 1. The number of fused-ring (bicyclic) bond motifs is 1. The number of alkyl halides is 1. The summed E-state index contributed by atoms with van der Waals surface area (Å²) in [5, 5.41) is 10.3. The Hall–Kier alpha value is -0.206. The quantitative estimate of drug-likeness (QED) is 0.473. The minimum absolute atomic E-state index is 0. The van der Waals surface area contributed by atoms with E-state index >= 15 is 0 Å². The zero-order valence-electron chi connectivity index (χ0n) is 15.2. The van der Waals surface area contributed by atoms with Crippen molar-refractivity contribution >= 4 is 11.6 Å². The van der Waals surface area contributed by atoms with Crippen LogP contribution in [0.25, 0.3) is 0 Å². The van der Waals surface area contributed by atoms with Crippen molar-refractivity contribution in [2.45, 2.75) is 62.3 Å². The fourth-order valence-electron chi connectivity index (χ4n) is 4.77. The molecule has 0 bridgehead atoms. The fourth-order valence-corrected chi connectivity index (χ4v) is 5.20. The van der Waals surface area contributed by atoms with Gasteiger partial charge in [-0.05, 0) is 60.6 Å². The molecule has 26 heavy (non-hydrogen) atoms. The maximum absolute atomic E-state index is 10.0. The molecule has 2 aromatic rings. The normalized spacial score (nSPS) is 27.2. The van der Waals surface area contributed by atoms with E-state index in [1.807, 2.05) is 12.1 Å². The first kappa shape index (κ1) is 20.5. The summed E-state index contributed by atoms with van der Waals surface area (Å²) in [5.74, 6) is 1.14. The summed E-state index contributed by atoms with van der Waals surface area (Å²) in [6, 6.07) is 18.3. The van der Waals surface area contributed by atoms with Crippen LogP contribution < -0.4 is 0 Å². The summed E-state index contributed by atoms with van der Waals surface area (Å²) >= 11 is 6.70. The molecule has 2 aromatic carbocycles. The van der Waals surface area contributed by atoms with Crippen molar-refractivity contribution in [3.63, 3.8) is 0 Å². The van der Waals surface area contributed by atoms with E-state index in [0.717, 1.165) is 31.2 Å². The van der Waals surface area contributed by atoms with E-state index in [-0.39, 0.29) is 38.8 Å². The van der Waals surface area contributed by atoms with Crippen LogP contribution >= 0.6 is 11.6 Å². The van der Waals surface area contributed by atoms with Crippen LogP contribution in [0.1, 0.15) is 66.4 Å². The fraction of sp³-hybridized carbons (Fsp3) is 0.478. The third-order valence-electron chi connectivity index (χ3n) is 6.13. The molecule has 1 N–H and O–H groups in total. The molecule has 1 fully saturated rings. The van der Waals surface area contributed by atoms with Crippen molar-refractivity contribution in [1.29, 1.82) is 0 Å². The van der Waals surface area contributed by atoms with Gasteiger partial charge in [-0.2, -0.15) is 35.9 Å². The van der Waals surface area contributed by atoms with Gasteiger partial charge >= 0.3 is 0 Å². The zero-order chi connectivity index (χ0) is 17.2. The Bertz CT molecular complexity index is 717. The summed E-state index contributed by atoms with van der Waals surface area (Å²) < 4.78 is 0. The molecule has 2 aliphatic carbocycles. The number of aryl methyl sites for hydroxylation is 2. The second-order valence-electron chi connectivity index (χ2n) is 7.66. The SMILES string of the molecule is OC1CCc2cc(C3CCC(Cl)C3CCCc3[c-]cccc3)ccc21.[Y]. The Morgan fingerprint density at radius 2 is 2.00 bits per heavy atom. The summed E-state index contributed by atoms with van der Waals surface area (Å²) in [5.41, 5.74) is 5.22. The zero-order valence-corrected chi connectivity index (χ0v) is 18.8. The Balaban J connectivity index is 0.00000196. The van der Waals surface area contributed by atoms with Crippen LogP contribution in [0.2, 0.25) is 0 Å². The monoisotopic (exact) mass is 442 g/mol. The van der Waals surface area contributed by atoms with Crippen molar-refractivity contribution < 1.29 is 37.8 Å². The van der Waals surface area contributed by atoms with Crippen LogP contribution in [-0.2, 0) is 45.6 Å². The van der Waals surface area contributed by atoms with Crippen molar-refractivity contribution in [3.05, 3.63) is 70.8 Å². The molecule has 4 atom stereocenters. The molecule has 1 nitrogen and oxygen atoms in total. The van der Waals surface area contributed by atoms with E-state index in [4.69, 9.17) is 11.6 Å². The van der Waals surface area contributed by atoms with Crippen LogP contribution in [0.4, 0.5) is 0 Å². The van der Waals surface area contributed by atoms with E-state index in [2.05, 4.69) is 36.4 Å². The largest absolute Gasteiger partial charge is 0.388 e. The summed E-state index contributed by atoms with van der Waals surface area (Å²) in [7, 11) is 0. The summed E-state index contributed by atoms with van der Waals surface area (Å²) in [6.07, 6.45) is 7.38. The molecule has 3 heteroatoms. The number of aliphatic hydroxyl groups is 1. The predicted molar refractivity (Wildman–Crippen MR) is 103 cm³/mol. The molecule has 2 aliphatic rings. The number of benzene rings is 2. The summed E-state index contributed by atoms with van der Waals surface area (Å²) in [4.78, 5) is 0. The van der Waals surface area contributed by atoms with Crippen LogP contribution in [0.5, 0.6) is 0 Å². The number of hydrogen-bond acceptors (Lipinski definition) is 1. The molecule has 0 aromatic heterocycles.